The first-order valence-corrected chi connectivity index (χ1v) is 6.90. The quantitative estimate of drug-likeness (QED) is 0.924. The molecule has 5 nitrogen and oxygen atoms in total. The lowest BCUT2D eigenvalue weighted by Crippen LogP contribution is -2.16. The zero-order valence-corrected chi connectivity index (χ0v) is 12.2. The van der Waals surface area contributed by atoms with Crippen molar-refractivity contribution in [2.75, 3.05) is 18.9 Å². The molecule has 1 aliphatic heterocycles. The van der Waals surface area contributed by atoms with Gasteiger partial charge in [-0.2, -0.15) is 5.10 Å². The third kappa shape index (κ3) is 1.98. The van der Waals surface area contributed by atoms with Gasteiger partial charge in [-0.1, -0.05) is 18.5 Å². The lowest BCUT2D eigenvalue weighted by Gasteiger charge is -2.22. The lowest BCUT2D eigenvalue weighted by molar-refractivity contribution is 0.171. The largest absolute Gasteiger partial charge is 0.486 e. The molecule has 106 valence electrons. The summed E-state index contributed by atoms with van der Waals surface area (Å²) in [4.78, 5) is 0. The summed E-state index contributed by atoms with van der Waals surface area (Å²) in [5, 5.41) is 5.02. The molecule has 3 rings (SSSR count). The summed E-state index contributed by atoms with van der Waals surface area (Å²) in [7, 11) is 1.81. The molecule has 0 fully saturated rings. The predicted molar refractivity (Wildman–Crippen MR) is 78.4 cm³/mol. The molecule has 0 bridgehead atoms. The molecule has 0 saturated carbocycles. The molecule has 1 aliphatic rings. The molecule has 2 N–H and O–H groups in total. The maximum Gasteiger partial charge on any atom is 0.180 e. The van der Waals surface area contributed by atoms with Crippen LogP contribution in [0, 0.1) is 0 Å². The monoisotopic (exact) mass is 293 g/mol. The number of aromatic nitrogens is 2. The number of nitrogens with two attached hydrogens (primary N) is 1. The highest BCUT2D eigenvalue weighted by atomic mass is 35.5. The van der Waals surface area contributed by atoms with Crippen molar-refractivity contribution in [1.29, 1.82) is 0 Å². The van der Waals surface area contributed by atoms with Crippen LogP contribution in [0.5, 0.6) is 11.5 Å². The van der Waals surface area contributed by atoms with Crippen molar-refractivity contribution in [1.82, 2.24) is 9.78 Å². The Bertz CT molecular complexity index is 647. The third-order valence-electron chi connectivity index (χ3n) is 3.42. The van der Waals surface area contributed by atoms with Crippen molar-refractivity contribution in [3.8, 4) is 22.8 Å². The van der Waals surface area contributed by atoms with E-state index in [-0.39, 0.29) is 0 Å². The first-order chi connectivity index (χ1) is 9.61. The number of anilines is 1. The summed E-state index contributed by atoms with van der Waals surface area (Å²) in [5.41, 5.74) is 8.58. The van der Waals surface area contributed by atoms with Gasteiger partial charge in [0, 0.05) is 18.7 Å². The minimum Gasteiger partial charge on any atom is -0.486 e. The third-order valence-corrected chi connectivity index (χ3v) is 3.82. The van der Waals surface area contributed by atoms with E-state index in [0.29, 0.717) is 35.6 Å². The van der Waals surface area contributed by atoms with Crippen molar-refractivity contribution in [2.24, 2.45) is 7.05 Å². The van der Waals surface area contributed by atoms with Crippen LogP contribution >= 0.6 is 11.6 Å². The Labute approximate surface area is 122 Å². The van der Waals surface area contributed by atoms with Crippen molar-refractivity contribution < 1.29 is 9.47 Å². The molecule has 2 heterocycles. The Kier molecular flexibility index (Phi) is 3.22. The minimum atomic E-state index is 0.520. The highest BCUT2D eigenvalue weighted by Gasteiger charge is 2.22. The van der Waals surface area contributed by atoms with Crippen LogP contribution < -0.4 is 15.2 Å². The van der Waals surface area contributed by atoms with Crippen LogP contribution in [0.3, 0.4) is 0 Å². The second kappa shape index (κ2) is 4.90. The van der Waals surface area contributed by atoms with Gasteiger partial charge in [0.05, 0.1) is 10.7 Å². The fourth-order valence-corrected chi connectivity index (χ4v) is 2.75. The molecule has 1 aromatic heterocycles. The van der Waals surface area contributed by atoms with Crippen LogP contribution in [-0.4, -0.2) is 23.0 Å². The summed E-state index contributed by atoms with van der Waals surface area (Å²) >= 11 is 6.46. The molecule has 0 aliphatic carbocycles. The summed E-state index contributed by atoms with van der Waals surface area (Å²) in [6, 6.07) is 3.77. The molecule has 0 unspecified atom stereocenters. The van der Waals surface area contributed by atoms with Gasteiger partial charge in [0.15, 0.2) is 11.5 Å². The second-order valence-corrected chi connectivity index (χ2v) is 5.05. The maximum atomic E-state index is 6.46. The Morgan fingerprint density at radius 1 is 1.35 bits per heavy atom. The Morgan fingerprint density at radius 2 is 2.10 bits per heavy atom. The number of benzene rings is 1. The average molecular weight is 294 g/mol. The standard InChI is InChI=1S/C14H16ClN3O2/c1-3-8-9(10-7-12(16)18(2)17-10)6-11-14(13(8)15)20-5-4-19-11/h6-7H,3-5,16H2,1-2H3. The summed E-state index contributed by atoms with van der Waals surface area (Å²) in [5.74, 6) is 1.90. The number of fused-ring (bicyclic) bond motifs is 1. The molecule has 6 heteroatoms. The number of aryl methyl sites for hydroxylation is 1. The first-order valence-electron chi connectivity index (χ1n) is 6.52. The second-order valence-electron chi connectivity index (χ2n) is 4.67. The van der Waals surface area contributed by atoms with E-state index in [2.05, 4.69) is 5.10 Å². The zero-order chi connectivity index (χ0) is 14.3. The van der Waals surface area contributed by atoms with Crippen LogP contribution in [0.15, 0.2) is 12.1 Å². The topological polar surface area (TPSA) is 62.3 Å². The lowest BCUT2D eigenvalue weighted by atomic mass is 10.0. The molecular weight excluding hydrogens is 278 g/mol. The number of nitrogen functional groups attached to an aromatic ring is 1. The predicted octanol–water partition coefficient (Wildman–Crippen LogP) is 2.66. The number of hydrogen-bond acceptors (Lipinski definition) is 4. The first kappa shape index (κ1) is 13.1. The molecule has 0 spiro atoms. The molecule has 1 aromatic carbocycles. The Balaban J connectivity index is 2.21. The van der Waals surface area contributed by atoms with Crippen LogP contribution in [0.25, 0.3) is 11.3 Å². The van der Waals surface area contributed by atoms with Gasteiger partial charge in [-0.05, 0) is 18.1 Å². The highest BCUT2D eigenvalue weighted by Crippen LogP contribution is 2.44. The van der Waals surface area contributed by atoms with Gasteiger partial charge in [0.2, 0.25) is 0 Å². The van der Waals surface area contributed by atoms with Gasteiger partial charge in [-0.3, -0.25) is 4.68 Å². The Morgan fingerprint density at radius 3 is 2.75 bits per heavy atom. The maximum absolute atomic E-state index is 6.46. The van der Waals surface area contributed by atoms with Gasteiger partial charge < -0.3 is 15.2 Å². The van der Waals surface area contributed by atoms with Crippen molar-refractivity contribution in [3.05, 3.63) is 22.7 Å². The molecule has 0 atom stereocenters. The van der Waals surface area contributed by atoms with Crippen molar-refractivity contribution in [3.63, 3.8) is 0 Å². The number of halogens is 1. The Hall–Kier alpha value is -1.88. The van der Waals surface area contributed by atoms with Gasteiger partial charge in [0.1, 0.15) is 19.0 Å². The van der Waals surface area contributed by atoms with Crippen LogP contribution in [0.2, 0.25) is 5.02 Å². The van der Waals surface area contributed by atoms with Crippen LogP contribution in [-0.2, 0) is 13.5 Å². The minimum absolute atomic E-state index is 0.520. The van der Waals surface area contributed by atoms with Crippen LogP contribution in [0.4, 0.5) is 5.82 Å². The fourth-order valence-electron chi connectivity index (χ4n) is 2.37. The van der Waals surface area contributed by atoms with Crippen molar-refractivity contribution >= 4 is 17.4 Å². The molecular formula is C14H16ClN3O2. The number of hydrogen-bond donors (Lipinski definition) is 1. The number of nitrogens with zero attached hydrogens (tertiary/aromatic N) is 2. The molecule has 0 radical (unpaired) electrons. The van der Waals surface area contributed by atoms with E-state index in [4.69, 9.17) is 26.8 Å². The summed E-state index contributed by atoms with van der Waals surface area (Å²) in [6.07, 6.45) is 0.779. The molecule has 0 saturated heterocycles. The van der Waals surface area contributed by atoms with E-state index in [1.54, 1.807) is 4.68 Å². The molecule has 20 heavy (non-hydrogen) atoms. The summed E-state index contributed by atoms with van der Waals surface area (Å²) in [6.45, 7) is 3.09. The van der Waals surface area contributed by atoms with Gasteiger partial charge >= 0.3 is 0 Å². The van der Waals surface area contributed by atoms with E-state index in [1.807, 2.05) is 26.1 Å². The number of ether oxygens (including phenoxy) is 2. The van der Waals surface area contributed by atoms with Crippen molar-refractivity contribution in [2.45, 2.75) is 13.3 Å². The highest BCUT2D eigenvalue weighted by molar-refractivity contribution is 6.33. The molecule has 0 amide bonds. The van der Waals surface area contributed by atoms with Gasteiger partial charge in [0.25, 0.3) is 0 Å². The summed E-state index contributed by atoms with van der Waals surface area (Å²) < 4.78 is 12.9. The fraction of sp³-hybridized carbons (Fsp3) is 0.357. The zero-order valence-electron chi connectivity index (χ0n) is 11.4. The van der Waals surface area contributed by atoms with Gasteiger partial charge in [-0.15, -0.1) is 0 Å². The average Bonchev–Trinajstić information content (AvgIpc) is 2.78. The normalized spacial score (nSPS) is 13.6. The van der Waals surface area contributed by atoms with Crippen LogP contribution in [0.1, 0.15) is 12.5 Å². The van der Waals surface area contributed by atoms with E-state index in [0.717, 1.165) is 23.2 Å². The van der Waals surface area contributed by atoms with E-state index >= 15 is 0 Å². The SMILES string of the molecule is CCc1c(-c2cc(N)n(C)n2)cc2c(c1Cl)OCCO2. The van der Waals surface area contributed by atoms with E-state index in [9.17, 15) is 0 Å². The smallest absolute Gasteiger partial charge is 0.180 e. The van der Waals surface area contributed by atoms with Gasteiger partial charge in [-0.25, -0.2) is 0 Å². The van der Waals surface area contributed by atoms with E-state index in [1.165, 1.54) is 0 Å². The molecule has 2 aromatic rings. The number of rotatable bonds is 2. The van der Waals surface area contributed by atoms with E-state index < -0.39 is 0 Å².